The molecule has 2 aliphatic rings. The van der Waals surface area contributed by atoms with Crippen LogP contribution in [0.2, 0.25) is 0 Å². The molecule has 0 atom stereocenters. The van der Waals surface area contributed by atoms with Gasteiger partial charge in [0.1, 0.15) is 22.1 Å². The summed E-state index contributed by atoms with van der Waals surface area (Å²) < 4.78 is 0. The van der Waals surface area contributed by atoms with Crippen LogP contribution in [0, 0.1) is 24.5 Å². The molecule has 228 valence electrons. The third-order valence-corrected chi connectivity index (χ3v) is 10.8. The zero-order chi connectivity index (χ0) is 29.9. The highest BCUT2D eigenvalue weighted by Gasteiger charge is 2.22. The molecule has 0 unspecified atom stereocenters. The average molecular weight is 607 g/mol. The molecule has 4 nitrogen and oxygen atoms in total. The fraction of sp³-hybridized carbons (Fsp3) is 0.611. The molecule has 0 spiro atoms. The van der Waals surface area contributed by atoms with Crippen LogP contribution in [0.5, 0.6) is 0 Å². The van der Waals surface area contributed by atoms with E-state index < -0.39 is 0 Å². The molecule has 0 aliphatic carbocycles. The first-order valence-corrected chi connectivity index (χ1v) is 18.3. The number of rotatable bonds is 20. The van der Waals surface area contributed by atoms with E-state index in [-0.39, 0.29) is 21.6 Å². The predicted octanol–water partition coefficient (Wildman–Crippen LogP) is 10.2. The second kappa shape index (κ2) is 16.6. The number of hydrogen-bond donors (Lipinski definition) is 0. The minimum absolute atomic E-state index is 0.208. The number of aryl methyl sites for hydroxylation is 4. The average Bonchev–Trinajstić information content (AvgIpc) is 3.71. The maximum atomic E-state index is 13.4. The molecule has 0 amide bonds. The fourth-order valence-corrected chi connectivity index (χ4v) is 8.09. The first kappa shape index (κ1) is 32.7. The highest BCUT2D eigenvalue weighted by Crippen LogP contribution is 2.32. The van der Waals surface area contributed by atoms with Crippen LogP contribution in [-0.4, -0.2) is 9.97 Å². The summed E-state index contributed by atoms with van der Waals surface area (Å²) in [4.78, 5) is 40.1. The lowest BCUT2D eigenvalue weighted by Crippen LogP contribution is -2.03. The van der Waals surface area contributed by atoms with Gasteiger partial charge in [-0.3, -0.25) is 9.59 Å². The lowest BCUT2D eigenvalue weighted by atomic mass is 10.0. The Balaban J connectivity index is 1.36. The summed E-state index contributed by atoms with van der Waals surface area (Å²) in [5.74, 6) is 0. The number of nitrogens with zero attached hydrogens (tertiary/aromatic N) is 2. The highest BCUT2D eigenvalue weighted by molar-refractivity contribution is 7.15. The van der Waals surface area contributed by atoms with Crippen LogP contribution in [0.15, 0.2) is 21.7 Å². The van der Waals surface area contributed by atoms with E-state index in [1.165, 1.54) is 124 Å². The molecular formula is C36H50N2O2S2. The van der Waals surface area contributed by atoms with E-state index in [0.717, 1.165) is 22.6 Å². The summed E-state index contributed by atoms with van der Waals surface area (Å²) in [5.41, 5.74) is 2.98. The van der Waals surface area contributed by atoms with Gasteiger partial charge in [0.2, 0.25) is 10.9 Å². The van der Waals surface area contributed by atoms with Crippen molar-refractivity contribution in [3.05, 3.63) is 64.2 Å². The zero-order valence-corrected chi connectivity index (χ0v) is 28.0. The number of unbranched alkanes of at least 4 members (excludes halogenated alkanes) is 14. The van der Waals surface area contributed by atoms with Gasteiger partial charge < -0.3 is 0 Å². The van der Waals surface area contributed by atoms with Crippen molar-refractivity contribution < 1.29 is 0 Å². The van der Waals surface area contributed by atoms with Gasteiger partial charge in [-0.15, -0.1) is 22.7 Å². The molecule has 0 saturated carbocycles. The highest BCUT2D eigenvalue weighted by atomic mass is 32.1. The molecule has 0 aromatic carbocycles. The summed E-state index contributed by atoms with van der Waals surface area (Å²) in [6.07, 6.45) is 22.9. The second-order valence-electron chi connectivity index (χ2n) is 12.1. The summed E-state index contributed by atoms with van der Waals surface area (Å²) in [6.45, 7) is 8.77. The zero-order valence-electron chi connectivity index (χ0n) is 26.4. The Morgan fingerprint density at radius 3 is 1.21 bits per heavy atom. The van der Waals surface area contributed by atoms with Gasteiger partial charge in [-0.2, -0.15) is 0 Å². The van der Waals surface area contributed by atoms with Crippen molar-refractivity contribution in [3.63, 3.8) is 0 Å². The number of aromatic nitrogens is 2. The standard InChI is InChI=1S/C36H50N2O2S2/c1-5-7-9-11-13-15-17-19-21-27-23-29(41-25(27)3)31-35(39)33-34(37-31)36(40)32(38-33)30-24-28(26(4)42-30)22-20-18-16-14-12-10-8-6-2/h23-24H,5-22H2,1-4H3. The second-order valence-corrected chi connectivity index (χ2v) is 14.6. The van der Waals surface area contributed by atoms with E-state index >= 15 is 0 Å². The van der Waals surface area contributed by atoms with Crippen molar-refractivity contribution in [2.24, 2.45) is 0 Å². The quantitative estimate of drug-likeness (QED) is 0.0939. The van der Waals surface area contributed by atoms with Crippen LogP contribution in [0.25, 0.3) is 21.1 Å². The molecule has 2 aromatic rings. The summed E-state index contributed by atoms with van der Waals surface area (Å²) in [5, 5.41) is 0.465. The van der Waals surface area contributed by atoms with Crippen LogP contribution in [0.3, 0.4) is 0 Å². The van der Waals surface area contributed by atoms with Gasteiger partial charge in [0.05, 0.1) is 9.75 Å². The Morgan fingerprint density at radius 1 is 0.524 bits per heavy atom. The van der Waals surface area contributed by atoms with Gasteiger partial charge in [-0.05, 0) is 62.8 Å². The molecule has 2 aromatic heterocycles. The van der Waals surface area contributed by atoms with E-state index in [4.69, 9.17) is 0 Å². The SMILES string of the molecule is CCCCCCCCCCc1cc(-c2nc3c(=O)c(-c4cc(CCCCCCCCCC)c(C)s4)nc=3c2=O)sc1C. The summed E-state index contributed by atoms with van der Waals surface area (Å²) in [7, 11) is 0. The van der Waals surface area contributed by atoms with E-state index in [1.807, 2.05) is 0 Å². The molecule has 0 bridgehead atoms. The van der Waals surface area contributed by atoms with Crippen molar-refractivity contribution >= 4 is 22.7 Å². The topological polar surface area (TPSA) is 59.9 Å². The van der Waals surface area contributed by atoms with Crippen molar-refractivity contribution in [1.82, 2.24) is 9.97 Å². The van der Waals surface area contributed by atoms with E-state index in [1.54, 1.807) is 22.7 Å². The van der Waals surface area contributed by atoms with Gasteiger partial charge in [0, 0.05) is 9.75 Å². The number of hydrogen-bond acceptors (Lipinski definition) is 6. The fourth-order valence-electron chi connectivity index (χ4n) is 5.97. The predicted molar refractivity (Wildman–Crippen MR) is 181 cm³/mol. The Bertz CT molecular complexity index is 1420. The minimum atomic E-state index is -0.208. The smallest absolute Gasteiger partial charge is 0.233 e. The third kappa shape index (κ3) is 8.47. The first-order chi connectivity index (χ1) is 20.4. The summed E-state index contributed by atoms with van der Waals surface area (Å²) in [6, 6.07) is 4.24. The van der Waals surface area contributed by atoms with Crippen LogP contribution in [0.1, 0.15) is 137 Å². The van der Waals surface area contributed by atoms with E-state index in [9.17, 15) is 9.59 Å². The van der Waals surface area contributed by atoms with Gasteiger partial charge >= 0.3 is 0 Å². The molecule has 42 heavy (non-hydrogen) atoms. The molecule has 0 N–H and O–H groups in total. The van der Waals surface area contributed by atoms with Gasteiger partial charge in [0.25, 0.3) is 0 Å². The van der Waals surface area contributed by atoms with Gasteiger partial charge in [-0.25, -0.2) is 9.97 Å². The van der Waals surface area contributed by atoms with Crippen molar-refractivity contribution in [3.8, 4) is 21.1 Å². The number of thiophene rings is 2. The van der Waals surface area contributed by atoms with Gasteiger partial charge in [-0.1, -0.05) is 104 Å². The van der Waals surface area contributed by atoms with E-state index in [0.29, 0.717) is 11.4 Å². The molecule has 0 saturated heterocycles. The Kier molecular flexibility index (Phi) is 12.9. The molecular weight excluding hydrogens is 557 g/mol. The van der Waals surface area contributed by atoms with Gasteiger partial charge in [0.15, 0.2) is 0 Å². The Hall–Kier alpha value is -2.18. The van der Waals surface area contributed by atoms with Crippen LogP contribution < -0.4 is 10.9 Å². The summed E-state index contributed by atoms with van der Waals surface area (Å²) >= 11 is 3.23. The normalized spacial score (nSPS) is 11.8. The van der Waals surface area contributed by atoms with Crippen LogP contribution in [0.4, 0.5) is 0 Å². The molecule has 0 fully saturated rings. The Morgan fingerprint density at radius 2 is 0.857 bits per heavy atom. The minimum Gasteiger partial charge on any atom is -0.285 e. The lowest BCUT2D eigenvalue weighted by molar-refractivity contribution is 0.575. The Labute approximate surface area is 260 Å². The molecule has 4 rings (SSSR count). The molecule has 2 aliphatic heterocycles. The maximum Gasteiger partial charge on any atom is 0.233 e. The monoisotopic (exact) mass is 606 g/mol. The van der Waals surface area contributed by atoms with E-state index in [2.05, 4.69) is 49.8 Å². The van der Waals surface area contributed by atoms with Crippen molar-refractivity contribution in [2.45, 2.75) is 143 Å². The molecule has 0 radical (unpaired) electrons. The lowest BCUT2D eigenvalue weighted by Gasteiger charge is -2.02. The largest absolute Gasteiger partial charge is 0.285 e. The van der Waals surface area contributed by atoms with Crippen LogP contribution >= 0.6 is 22.7 Å². The molecule has 6 heteroatoms. The first-order valence-electron chi connectivity index (χ1n) is 16.6. The van der Waals surface area contributed by atoms with Crippen LogP contribution in [-0.2, 0) is 12.8 Å². The third-order valence-electron chi connectivity index (χ3n) is 8.64. The maximum absolute atomic E-state index is 13.4. The molecule has 4 heterocycles. The van der Waals surface area contributed by atoms with Crippen molar-refractivity contribution in [1.29, 1.82) is 0 Å². The van der Waals surface area contributed by atoms with Crippen molar-refractivity contribution in [2.75, 3.05) is 0 Å².